The first kappa shape index (κ1) is 15.2. The summed E-state index contributed by atoms with van der Waals surface area (Å²) in [5.41, 5.74) is 0. The van der Waals surface area contributed by atoms with Crippen molar-refractivity contribution in [2.45, 2.75) is 25.3 Å². The van der Waals surface area contributed by atoms with E-state index in [1.54, 1.807) is 6.07 Å². The van der Waals surface area contributed by atoms with Crippen molar-refractivity contribution in [1.82, 2.24) is 5.32 Å². The van der Waals surface area contributed by atoms with Gasteiger partial charge in [0.15, 0.2) is 0 Å². The Bertz CT molecular complexity index is 546. The Morgan fingerprint density at radius 2 is 2.20 bits per heavy atom. The Labute approximate surface area is 125 Å². The molecular weight excluding hydrogens is 294 g/mol. The number of aliphatic hydroxyl groups excluding tert-OH is 1. The molecule has 0 radical (unpaired) electrons. The van der Waals surface area contributed by atoms with E-state index in [-0.39, 0.29) is 18.6 Å². The fourth-order valence-corrected chi connectivity index (χ4v) is 4.01. The monoisotopic (exact) mass is 311 g/mol. The molecular formula is C14H17NO3S2. The van der Waals surface area contributed by atoms with Gasteiger partial charge in [-0.3, -0.25) is 9.00 Å². The van der Waals surface area contributed by atoms with Crippen molar-refractivity contribution in [1.29, 1.82) is 0 Å². The normalized spacial score (nSPS) is 21.9. The number of carbonyl (C=O) groups is 1. The Hall–Kier alpha value is -1.16. The number of rotatable bonds is 3. The van der Waals surface area contributed by atoms with Gasteiger partial charge in [0.2, 0.25) is 0 Å². The van der Waals surface area contributed by atoms with Crippen LogP contribution in [0.1, 0.15) is 33.8 Å². The highest BCUT2D eigenvalue weighted by Gasteiger charge is 2.20. The van der Waals surface area contributed by atoms with Crippen molar-refractivity contribution >= 4 is 28.0 Å². The van der Waals surface area contributed by atoms with Crippen LogP contribution in [0.5, 0.6) is 0 Å². The zero-order valence-corrected chi connectivity index (χ0v) is 12.7. The summed E-state index contributed by atoms with van der Waals surface area (Å²) in [6.45, 7) is 0.0504. The first-order chi connectivity index (χ1) is 9.69. The molecule has 2 rings (SSSR count). The lowest BCUT2D eigenvalue weighted by Crippen LogP contribution is -2.39. The van der Waals surface area contributed by atoms with Gasteiger partial charge in [0, 0.05) is 34.8 Å². The van der Waals surface area contributed by atoms with Crippen LogP contribution >= 0.6 is 11.3 Å². The van der Waals surface area contributed by atoms with Crippen molar-refractivity contribution in [2.24, 2.45) is 0 Å². The second-order valence-corrected chi connectivity index (χ2v) is 7.32. The molecule has 0 aliphatic carbocycles. The van der Waals surface area contributed by atoms with E-state index in [2.05, 4.69) is 17.2 Å². The van der Waals surface area contributed by atoms with Gasteiger partial charge in [-0.25, -0.2) is 0 Å². The van der Waals surface area contributed by atoms with E-state index < -0.39 is 10.8 Å². The molecule has 2 N–H and O–H groups in total. The van der Waals surface area contributed by atoms with E-state index in [9.17, 15) is 9.00 Å². The first-order valence-electron chi connectivity index (χ1n) is 6.54. The van der Waals surface area contributed by atoms with E-state index in [0.29, 0.717) is 22.8 Å². The molecule has 1 aliphatic rings. The molecule has 20 heavy (non-hydrogen) atoms. The van der Waals surface area contributed by atoms with Crippen LogP contribution in [0.3, 0.4) is 0 Å². The quantitative estimate of drug-likeness (QED) is 0.822. The zero-order chi connectivity index (χ0) is 14.4. The van der Waals surface area contributed by atoms with Crippen LogP contribution in [-0.2, 0) is 10.8 Å². The van der Waals surface area contributed by atoms with E-state index in [1.165, 1.54) is 11.3 Å². The summed E-state index contributed by atoms with van der Waals surface area (Å²) >= 11 is 1.35. The summed E-state index contributed by atoms with van der Waals surface area (Å²) in [4.78, 5) is 13.5. The average molecular weight is 311 g/mol. The number of carbonyl (C=O) groups excluding carboxylic acids is 1. The molecule has 4 nitrogen and oxygen atoms in total. The lowest BCUT2D eigenvalue weighted by Gasteiger charge is -2.22. The van der Waals surface area contributed by atoms with Gasteiger partial charge in [-0.2, -0.15) is 0 Å². The summed E-state index contributed by atoms with van der Waals surface area (Å²) in [5, 5.41) is 11.6. The van der Waals surface area contributed by atoms with Gasteiger partial charge in [-0.1, -0.05) is 11.8 Å². The van der Waals surface area contributed by atoms with Crippen molar-refractivity contribution in [3.63, 3.8) is 0 Å². The van der Waals surface area contributed by atoms with E-state index in [0.717, 1.165) is 17.7 Å². The molecule has 0 atom stereocenters. The van der Waals surface area contributed by atoms with Crippen molar-refractivity contribution < 1.29 is 14.1 Å². The van der Waals surface area contributed by atoms with Gasteiger partial charge in [0.1, 0.15) is 0 Å². The molecule has 1 saturated heterocycles. The fourth-order valence-electron chi connectivity index (χ4n) is 1.93. The molecule has 2 heterocycles. The van der Waals surface area contributed by atoms with Crippen LogP contribution in [0.25, 0.3) is 0 Å². The molecule has 0 unspecified atom stereocenters. The van der Waals surface area contributed by atoms with Gasteiger partial charge >= 0.3 is 0 Å². The summed E-state index contributed by atoms with van der Waals surface area (Å²) in [6, 6.07) is 3.72. The molecule has 0 aromatic carbocycles. The van der Waals surface area contributed by atoms with Crippen LogP contribution in [-0.4, -0.2) is 39.4 Å². The lowest BCUT2D eigenvalue weighted by molar-refractivity contribution is 0.0938. The van der Waals surface area contributed by atoms with Crippen molar-refractivity contribution in [3.8, 4) is 11.8 Å². The van der Waals surface area contributed by atoms with Crippen molar-refractivity contribution in [2.75, 3.05) is 18.1 Å². The molecule has 6 heteroatoms. The fraction of sp³-hybridized carbons (Fsp3) is 0.500. The average Bonchev–Trinajstić information content (AvgIpc) is 2.91. The SMILES string of the molecule is O=C(NC1CCS(=O)CC1)c1ccc(C#CCCO)s1. The number of amides is 1. The number of hydrogen-bond donors (Lipinski definition) is 2. The Kier molecular flexibility index (Phi) is 5.77. The zero-order valence-electron chi connectivity index (χ0n) is 11.1. The van der Waals surface area contributed by atoms with E-state index >= 15 is 0 Å². The highest BCUT2D eigenvalue weighted by Crippen LogP contribution is 2.17. The van der Waals surface area contributed by atoms with Gasteiger partial charge < -0.3 is 10.4 Å². The van der Waals surface area contributed by atoms with Crippen molar-refractivity contribution in [3.05, 3.63) is 21.9 Å². The van der Waals surface area contributed by atoms with Gasteiger partial charge in [0.25, 0.3) is 5.91 Å². The van der Waals surface area contributed by atoms with E-state index in [4.69, 9.17) is 5.11 Å². The number of thiophene rings is 1. The molecule has 108 valence electrons. The molecule has 0 bridgehead atoms. The standard InChI is InChI=1S/C14H17NO3S2/c16-8-2-1-3-12-4-5-13(19-12)14(17)15-11-6-9-20(18)10-7-11/h4-5,11,16H,2,6-10H2,(H,15,17). The van der Waals surface area contributed by atoms with Crippen LogP contribution < -0.4 is 5.32 Å². The highest BCUT2D eigenvalue weighted by atomic mass is 32.2. The predicted molar refractivity (Wildman–Crippen MR) is 81.3 cm³/mol. The third kappa shape index (κ3) is 4.44. The smallest absolute Gasteiger partial charge is 0.261 e. The maximum atomic E-state index is 12.1. The summed E-state index contributed by atoms with van der Waals surface area (Å²) in [7, 11) is -0.708. The van der Waals surface area contributed by atoms with E-state index in [1.807, 2.05) is 6.07 Å². The highest BCUT2D eigenvalue weighted by molar-refractivity contribution is 7.85. The lowest BCUT2D eigenvalue weighted by atomic mass is 10.1. The van der Waals surface area contributed by atoms with Crippen LogP contribution in [0, 0.1) is 11.8 Å². The second-order valence-electron chi connectivity index (χ2n) is 4.54. The molecule has 1 aromatic rings. The van der Waals surface area contributed by atoms with Gasteiger partial charge in [-0.15, -0.1) is 11.3 Å². The molecule has 0 spiro atoms. The Morgan fingerprint density at radius 3 is 2.90 bits per heavy atom. The van der Waals surface area contributed by atoms with Gasteiger partial charge in [0.05, 0.1) is 16.4 Å². The minimum absolute atomic E-state index is 0.0504. The molecule has 1 aliphatic heterocycles. The minimum atomic E-state index is -0.708. The summed E-state index contributed by atoms with van der Waals surface area (Å²) in [6.07, 6.45) is 2.01. The van der Waals surface area contributed by atoms with Crippen LogP contribution in [0.2, 0.25) is 0 Å². The topological polar surface area (TPSA) is 66.4 Å². The largest absolute Gasteiger partial charge is 0.395 e. The third-order valence-corrected chi connectivity index (χ3v) is 5.38. The van der Waals surface area contributed by atoms with Crippen LogP contribution in [0.15, 0.2) is 12.1 Å². The molecule has 1 amide bonds. The molecule has 1 fully saturated rings. The first-order valence-corrected chi connectivity index (χ1v) is 8.85. The Balaban J connectivity index is 1.90. The molecule has 0 saturated carbocycles. The number of hydrogen-bond acceptors (Lipinski definition) is 4. The Morgan fingerprint density at radius 1 is 1.45 bits per heavy atom. The maximum absolute atomic E-state index is 12.1. The second kappa shape index (κ2) is 7.58. The molecule has 1 aromatic heterocycles. The predicted octanol–water partition coefficient (Wildman–Crippen LogP) is 1.12. The number of aliphatic hydroxyl groups is 1. The van der Waals surface area contributed by atoms with Crippen LogP contribution in [0.4, 0.5) is 0 Å². The number of nitrogens with one attached hydrogen (secondary N) is 1. The van der Waals surface area contributed by atoms with Gasteiger partial charge in [-0.05, 0) is 25.0 Å². The minimum Gasteiger partial charge on any atom is -0.395 e. The summed E-state index contributed by atoms with van der Waals surface area (Å²) < 4.78 is 11.3. The maximum Gasteiger partial charge on any atom is 0.261 e. The summed E-state index contributed by atoms with van der Waals surface area (Å²) in [5.74, 6) is 7.02. The third-order valence-electron chi connectivity index (χ3n) is 3.00.